The van der Waals surface area contributed by atoms with Crippen molar-refractivity contribution in [3.05, 3.63) is 24.3 Å². The lowest BCUT2D eigenvalue weighted by Gasteiger charge is -2.32. The molecule has 1 saturated heterocycles. The molecule has 1 atom stereocenters. The molecule has 0 radical (unpaired) electrons. The van der Waals surface area contributed by atoms with E-state index in [9.17, 15) is 9.35 Å². The van der Waals surface area contributed by atoms with E-state index in [0.717, 1.165) is 11.7 Å². The van der Waals surface area contributed by atoms with E-state index < -0.39 is 18.5 Å². The van der Waals surface area contributed by atoms with Crippen molar-refractivity contribution in [1.82, 2.24) is 4.72 Å². The number of rotatable bonds is 7. The summed E-state index contributed by atoms with van der Waals surface area (Å²) in [6.07, 6.45) is 2.02. The van der Waals surface area contributed by atoms with Gasteiger partial charge in [0.2, 0.25) is 0 Å². The van der Waals surface area contributed by atoms with Crippen molar-refractivity contribution in [3.8, 4) is 0 Å². The first-order valence-electron chi connectivity index (χ1n) is 7.81. The Morgan fingerprint density at radius 1 is 1.17 bits per heavy atom. The standard InChI is InChI=1S/C16H24BNO4S/c1-15(2)16(3,4)22-17(21-15)13-7-9-14(10-8-13)23(20)18-11-5-6-12-19/h7-10,12,18H,5-6,11H2,1-4H3. The van der Waals surface area contributed by atoms with Gasteiger partial charge in [0, 0.05) is 13.0 Å². The minimum absolute atomic E-state index is 0.376. The molecule has 0 amide bonds. The summed E-state index contributed by atoms with van der Waals surface area (Å²) < 4.78 is 27.0. The van der Waals surface area contributed by atoms with Gasteiger partial charge in [0.05, 0.1) is 22.6 Å². The highest BCUT2D eigenvalue weighted by atomic mass is 32.2. The quantitative estimate of drug-likeness (QED) is 0.354. The SMILES string of the molecule is CC1(C)OB(c2ccc([S+]([O-])NCCCC=O)cc2)OC1(C)C. The average molecular weight is 337 g/mol. The molecule has 0 saturated carbocycles. The molecule has 0 bridgehead atoms. The Bertz CT molecular complexity index is 519. The molecule has 1 aliphatic rings. The molecule has 1 aromatic carbocycles. The molecule has 1 aromatic rings. The second kappa shape index (κ2) is 7.36. The van der Waals surface area contributed by atoms with Crippen LogP contribution in [0.2, 0.25) is 0 Å². The van der Waals surface area contributed by atoms with Crippen molar-refractivity contribution in [2.24, 2.45) is 0 Å². The fraction of sp³-hybridized carbons (Fsp3) is 0.562. The van der Waals surface area contributed by atoms with Gasteiger partial charge in [-0.05, 0) is 51.7 Å². The van der Waals surface area contributed by atoms with Crippen LogP contribution in [0.25, 0.3) is 0 Å². The first-order valence-corrected chi connectivity index (χ1v) is 8.96. The molecule has 0 spiro atoms. The van der Waals surface area contributed by atoms with Gasteiger partial charge in [-0.2, -0.15) is 0 Å². The van der Waals surface area contributed by atoms with Crippen LogP contribution in [0.15, 0.2) is 29.2 Å². The lowest BCUT2D eigenvalue weighted by Crippen LogP contribution is -2.41. The lowest BCUT2D eigenvalue weighted by atomic mass is 9.79. The average Bonchev–Trinajstić information content (AvgIpc) is 2.72. The monoisotopic (exact) mass is 337 g/mol. The van der Waals surface area contributed by atoms with Crippen molar-refractivity contribution < 1.29 is 18.7 Å². The maximum atomic E-state index is 12.1. The third-order valence-corrected chi connectivity index (χ3v) is 5.52. The minimum Gasteiger partial charge on any atom is -0.593 e. The van der Waals surface area contributed by atoms with Gasteiger partial charge in [-0.3, -0.25) is 0 Å². The smallest absolute Gasteiger partial charge is 0.494 e. The van der Waals surface area contributed by atoms with Gasteiger partial charge in [-0.1, -0.05) is 12.1 Å². The van der Waals surface area contributed by atoms with E-state index in [1.165, 1.54) is 0 Å². The Labute approximate surface area is 141 Å². The summed E-state index contributed by atoms with van der Waals surface area (Å²) in [6, 6.07) is 7.37. The Morgan fingerprint density at radius 2 is 1.74 bits per heavy atom. The predicted octanol–water partition coefficient (Wildman–Crippen LogP) is 1.58. The van der Waals surface area contributed by atoms with E-state index in [-0.39, 0.29) is 11.2 Å². The molecular formula is C16H24BNO4S. The zero-order valence-corrected chi connectivity index (χ0v) is 14.9. The van der Waals surface area contributed by atoms with Crippen molar-refractivity contribution >= 4 is 30.2 Å². The topological polar surface area (TPSA) is 70.6 Å². The molecule has 7 heteroatoms. The van der Waals surface area contributed by atoms with Gasteiger partial charge in [0.25, 0.3) is 0 Å². The third-order valence-electron chi connectivity index (χ3n) is 4.35. The van der Waals surface area contributed by atoms with Gasteiger partial charge in [-0.15, -0.1) is 4.72 Å². The van der Waals surface area contributed by atoms with Crippen LogP contribution in [-0.2, 0) is 25.5 Å². The highest BCUT2D eigenvalue weighted by Gasteiger charge is 2.51. The fourth-order valence-electron chi connectivity index (χ4n) is 2.16. The van der Waals surface area contributed by atoms with Crippen LogP contribution in [0.1, 0.15) is 40.5 Å². The fourth-order valence-corrected chi connectivity index (χ4v) is 3.04. The third kappa shape index (κ3) is 4.36. The molecule has 1 heterocycles. The van der Waals surface area contributed by atoms with Gasteiger partial charge in [-0.25, -0.2) is 0 Å². The summed E-state index contributed by atoms with van der Waals surface area (Å²) >= 11 is -1.27. The van der Waals surface area contributed by atoms with Gasteiger partial charge >= 0.3 is 7.12 Å². The minimum atomic E-state index is -1.27. The molecule has 126 valence electrons. The number of benzene rings is 1. The Hall–Kier alpha value is -0.855. The first kappa shape index (κ1) is 18.5. The second-order valence-electron chi connectivity index (χ2n) is 6.63. The van der Waals surface area contributed by atoms with E-state index in [1.807, 2.05) is 52.0 Å². The number of hydrogen-bond acceptors (Lipinski definition) is 5. The van der Waals surface area contributed by atoms with Gasteiger partial charge in [0.15, 0.2) is 4.90 Å². The molecule has 2 rings (SSSR count). The number of carbonyl (C=O) groups is 1. The van der Waals surface area contributed by atoms with E-state index in [0.29, 0.717) is 24.3 Å². The van der Waals surface area contributed by atoms with Crippen LogP contribution in [0.3, 0.4) is 0 Å². The molecule has 1 aliphatic heterocycles. The van der Waals surface area contributed by atoms with Gasteiger partial charge in [0.1, 0.15) is 6.29 Å². The van der Waals surface area contributed by atoms with Crippen LogP contribution in [0.5, 0.6) is 0 Å². The van der Waals surface area contributed by atoms with Crippen LogP contribution in [0.4, 0.5) is 0 Å². The Morgan fingerprint density at radius 3 is 2.26 bits per heavy atom. The number of nitrogens with one attached hydrogen (secondary N) is 1. The maximum Gasteiger partial charge on any atom is 0.494 e. The van der Waals surface area contributed by atoms with E-state index in [2.05, 4.69) is 4.72 Å². The van der Waals surface area contributed by atoms with Crippen molar-refractivity contribution in [1.29, 1.82) is 0 Å². The summed E-state index contributed by atoms with van der Waals surface area (Å²) in [5.74, 6) is 0. The summed E-state index contributed by atoms with van der Waals surface area (Å²) in [7, 11) is -0.414. The van der Waals surface area contributed by atoms with Crippen LogP contribution in [-0.4, -0.2) is 35.7 Å². The summed E-state index contributed by atoms with van der Waals surface area (Å²) in [4.78, 5) is 10.9. The molecule has 0 aromatic heterocycles. The molecule has 1 N–H and O–H groups in total. The molecule has 0 aliphatic carbocycles. The van der Waals surface area contributed by atoms with E-state index >= 15 is 0 Å². The van der Waals surface area contributed by atoms with E-state index in [1.54, 1.807) is 0 Å². The zero-order chi connectivity index (χ0) is 17.1. The number of unbranched alkanes of at least 4 members (excludes halogenated alkanes) is 1. The van der Waals surface area contributed by atoms with Gasteiger partial charge < -0.3 is 18.7 Å². The molecular weight excluding hydrogens is 313 g/mol. The van der Waals surface area contributed by atoms with Crippen LogP contribution < -0.4 is 10.2 Å². The molecule has 1 fully saturated rings. The second-order valence-corrected chi connectivity index (χ2v) is 7.93. The molecule has 23 heavy (non-hydrogen) atoms. The first-order chi connectivity index (χ1) is 10.8. The number of hydrogen-bond donors (Lipinski definition) is 1. The normalized spacial score (nSPS) is 20.5. The largest absolute Gasteiger partial charge is 0.593 e. The molecule has 1 unspecified atom stereocenters. The lowest BCUT2D eigenvalue weighted by molar-refractivity contribution is -0.107. The number of carbonyl (C=O) groups excluding carboxylic acids is 1. The van der Waals surface area contributed by atoms with E-state index in [4.69, 9.17) is 9.31 Å². The van der Waals surface area contributed by atoms with Crippen molar-refractivity contribution in [3.63, 3.8) is 0 Å². The predicted molar refractivity (Wildman–Crippen MR) is 91.9 cm³/mol. The van der Waals surface area contributed by atoms with Crippen molar-refractivity contribution in [2.75, 3.05) is 6.54 Å². The summed E-state index contributed by atoms with van der Waals surface area (Å²) in [5.41, 5.74) is 0.156. The highest BCUT2D eigenvalue weighted by Crippen LogP contribution is 2.36. The molecule has 5 nitrogen and oxygen atoms in total. The Balaban J connectivity index is 1.96. The summed E-state index contributed by atoms with van der Waals surface area (Å²) in [6.45, 7) is 8.60. The van der Waals surface area contributed by atoms with Crippen LogP contribution in [0, 0.1) is 0 Å². The zero-order valence-electron chi connectivity index (χ0n) is 14.1. The highest BCUT2D eigenvalue weighted by molar-refractivity contribution is 7.89. The number of aldehydes is 1. The Kier molecular flexibility index (Phi) is 5.91. The van der Waals surface area contributed by atoms with Crippen molar-refractivity contribution in [2.45, 2.75) is 56.6 Å². The maximum absolute atomic E-state index is 12.1. The van der Waals surface area contributed by atoms with Crippen LogP contribution >= 0.6 is 0 Å². The summed E-state index contributed by atoms with van der Waals surface area (Å²) in [5, 5.41) is 0.